The van der Waals surface area contributed by atoms with Crippen molar-refractivity contribution in [2.75, 3.05) is 25.0 Å². The highest BCUT2D eigenvalue weighted by Crippen LogP contribution is 2.26. The summed E-state index contributed by atoms with van der Waals surface area (Å²) in [5.41, 5.74) is 4.15. The molecule has 1 aromatic carbocycles. The molecule has 1 aliphatic heterocycles. The third-order valence-corrected chi connectivity index (χ3v) is 3.96. The van der Waals surface area contributed by atoms with Gasteiger partial charge in [0.2, 0.25) is 0 Å². The fraction of sp³-hybridized carbons (Fsp3) is 0.600. The minimum atomic E-state index is 0.595. The molecule has 2 heteroatoms. The third kappa shape index (κ3) is 2.47. The molecule has 1 saturated heterocycles. The topological polar surface area (TPSA) is 6.48 Å². The minimum absolute atomic E-state index is 0.595. The molecule has 0 unspecified atom stereocenters. The maximum atomic E-state index is 2.55. The van der Waals surface area contributed by atoms with Crippen LogP contribution in [0.1, 0.15) is 25.0 Å². The Balaban J connectivity index is 2.27. The Morgan fingerprint density at radius 1 is 1.06 bits per heavy atom. The van der Waals surface area contributed by atoms with E-state index in [1.54, 1.807) is 0 Å². The molecule has 2 atom stereocenters. The Kier molecular flexibility index (Phi) is 3.43. The molecule has 1 heterocycles. The summed E-state index contributed by atoms with van der Waals surface area (Å²) in [6.07, 6.45) is 0. The van der Waals surface area contributed by atoms with Crippen LogP contribution in [0.15, 0.2) is 18.2 Å². The third-order valence-electron chi connectivity index (χ3n) is 3.96. The molecule has 0 spiro atoms. The summed E-state index contributed by atoms with van der Waals surface area (Å²) in [6.45, 7) is 11.3. The molecule has 94 valence electrons. The molecule has 0 aliphatic carbocycles. The first kappa shape index (κ1) is 12.4. The number of aryl methyl sites for hydroxylation is 2. The zero-order valence-corrected chi connectivity index (χ0v) is 11.7. The number of likely N-dealkylation sites (N-methyl/N-ethyl adjacent to an activating group) is 1. The normalized spacial score (nSPS) is 26.3. The molecule has 17 heavy (non-hydrogen) atoms. The van der Waals surface area contributed by atoms with Crippen molar-refractivity contribution in [3.63, 3.8) is 0 Å². The molecule has 0 bridgehead atoms. The maximum absolute atomic E-state index is 2.55. The van der Waals surface area contributed by atoms with Gasteiger partial charge in [0.25, 0.3) is 0 Å². The lowest BCUT2D eigenvalue weighted by Crippen LogP contribution is -2.55. The van der Waals surface area contributed by atoms with E-state index in [2.05, 4.69) is 62.7 Å². The molecule has 1 aliphatic rings. The van der Waals surface area contributed by atoms with Crippen LogP contribution in [0.3, 0.4) is 0 Å². The van der Waals surface area contributed by atoms with E-state index >= 15 is 0 Å². The average molecular weight is 232 g/mol. The minimum Gasteiger partial charge on any atom is -0.366 e. The Bertz CT molecular complexity index is 400. The van der Waals surface area contributed by atoms with Crippen molar-refractivity contribution in [2.24, 2.45) is 0 Å². The van der Waals surface area contributed by atoms with Crippen LogP contribution in [0.5, 0.6) is 0 Å². The number of anilines is 1. The zero-order chi connectivity index (χ0) is 12.6. The highest BCUT2D eigenvalue weighted by molar-refractivity contribution is 5.55. The molecule has 1 aromatic rings. The first-order valence-electron chi connectivity index (χ1n) is 6.53. The van der Waals surface area contributed by atoms with Crippen LogP contribution >= 0.6 is 0 Å². The summed E-state index contributed by atoms with van der Waals surface area (Å²) in [6, 6.07) is 8.01. The first-order chi connectivity index (χ1) is 7.99. The second-order valence-corrected chi connectivity index (χ2v) is 5.58. The molecule has 0 radical (unpaired) electrons. The summed E-state index contributed by atoms with van der Waals surface area (Å²) >= 11 is 0. The molecule has 0 amide bonds. The second-order valence-electron chi connectivity index (χ2n) is 5.58. The number of nitrogens with zero attached hydrogens (tertiary/aromatic N) is 2. The second kappa shape index (κ2) is 4.69. The Labute approximate surface area is 105 Å². The molecule has 0 N–H and O–H groups in total. The van der Waals surface area contributed by atoms with Crippen molar-refractivity contribution in [3.05, 3.63) is 29.3 Å². The van der Waals surface area contributed by atoms with Gasteiger partial charge in [0, 0.05) is 30.9 Å². The number of hydrogen-bond donors (Lipinski definition) is 0. The first-order valence-corrected chi connectivity index (χ1v) is 6.53. The van der Waals surface area contributed by atoms with E-state index in [1.165, 1.54) is 16.8 Å². The van der Waals surface area contributed by atoms with Crippen molar-refractivity contribution in [3.8, 4) is 0 Å². The van der Waals surface area contributed by atoms with Crippen molar-refractivity contribution >= 4 is 5.69 Å². The summed E-state index contributed by atoms with van der Waals surface area (Å²) in [5.74, 6) is 0. The predicted molar refractivity (Wildman–Crippen MR) is 74.8 cm³/mol. The van der Waals surface area contributed by atoms with Crippen molar-refractivity contribution < 1.29 is 0 Å². The van der Waals surface area contributed by atoms with Gasteiger partial charge in [0.1, 0.15) is 0 Å². The Morgan fingerprint density at radius 3 is 2.41 bits per heavy atom. The SMILES string of the molecule is Cc1ccc(N2C[C@H](C)N(C)C[C@H]2C)c(C)c1. The molecule has 0 saturated carbocycles. The average Bonchev–Trinajstić information content (AvgIpc) is 2.24. The quantitative estimate of drug-likeness (QED) is 0.734. The smallest absolute Gasteiger partial charge is 0.0399 e. The lowest BCUT2D eigenvalue weighted by molar-refractivity contribution is 0.205. The largest absolute Gasteiger partial charge is 0.366 e. The van der Waals surface area contributed by atoms with E-state index in [9.17, 15) is 0 Å². The monoisotopic (exact) mass is 232 g/mol. The van der Waals surface area contributed by atoms with Gasteiger partial charge in [-0.1, -0.05) is 17.7 Å². The standard InChI is InChI=1S/C15H24N2/c1-11-6-7-15(12(2)8-11)17-10-13(3)16(5)9-14(17)4/h6-8,13-14H,9-10H2,1-5H3/t13-,14+/m0/s1. The van der Waals surface area contributed by atoms with Crippen LogP contribution in [0.2, 0.25) is 0 Å². The van der Waals surface area contributed by atoms with Crippen LogP contribution in [0.4, 0.5) is 5.69 Å². The van der Waals surface area contributed by atoms with E-state index in [4.69, 9.17) is 0 Å². The summed E-state index contributed by atoms with van der Waals surface area (Å²) < 4.78 is 0. The Hall–Kier alpha value is -1.02. The van der Waals surface area contributed by atoms with Gasteiger partial charge < -0.3 is 4.90 Å². The van der Waals surface area contributed by atoms with Gasteiger partial charge in [-0.2, -0.15) is 0 Å². The summed E-state index contributed by atoms with van der Waals surface area (Å²) in [7, 11) is 2.22. The van der Waals surface area contributed by atoms with Crippen molar-refractivity contribution in [2.45, 2.75) is 39.8 Å². The van der Waals surface area contributed by atoms with E-state index in [0.29, 0.717) is 12.1 Å². The molecule has 2 rings (SSSR count). The fourth-order valence-electron chi connectivity index (χ4n) is 2.76. The number of hydrogen-bond acceptors (Lipinski definition) is 2. The van der Waals surface area contributed by atoms with E-state index < -0.39 is 0 Å². The Morgan fingerprint density at radius 2 is 1.76 bits per heavy atom. The van der Waals surface area contributed by atoms with Crippen LogP contribution < -0.4 is 4.90 Å². The van der Waals surface area contributed by atoms with Crippen LogP contribution in [0.25, 0.3) is 0 Å². The molecule has 1 fully saturated rings. The van der Waals surface area contributed by atoms with Gasteiger partial charge in [-0.25, -0.2) is 0 Å². The number of rotatable bonds is 1. The molecule has 0 aromatic heterocycles. The molecular formula is C15H24N2. The van der Waals surface area contributed by atoms with E-state index in [1.807, 2.05) is 0 Å². The predicted octanol–water partition coefficient (Wildman–Crippen LogP) is 2.83. The van der Waals surface area contributed by atoms with Crippen molar-refractivity contribution in [1.29, 1.82) is 0 Å². The van der Waals surface area contributed by atoms with Gasteiger partial charge in [-0.15, -0.1) is 0 Å². The van der Waals surface area contributed by atoms with E-state index in [0.717, 1.165) is 13.1 Å². The van der Waals surface area contributed by atoms with Crippen LogP contribution in [-0.2, 0) is 0 Å². The van der Waals surface area contributed by atoms with Gasteiger partial charge in [-0.3, -0.25) is 4.90 Å². The fourth-order valence-corrected chi connectivity index (χ4v) is 2.76. The lowest BCUT2D eigenvalue weighted by atomic mass is 10.0. The molecule has 2 nitrogen and oxygen atoms in total. The van der Waals surface area contributed by atoms with Gasteiger partial charge in [0.05, 0.1) is 0 Å². The lowest BCUT2D eigenvalue weighted by Gasteiger charge is -2.44. The number of benzene rings is 1. The van der Waals surface area contributed by atoms with Gasteiger partial charge in [-0.05, 0) is 46.4 Å². The highest BCUT2D eigenvalue weighted by atomic mass is 15.3. The number of piperazine rings is 1. The van der Waals surface area contributed by atoms with Crippen LogP contribution in [-0.4, -0.2) is 37.1 Å². The highest BCUT2D eigenvalue weighted by Gasteiger charge is 2.27. The van der Waals surface area contributed by atoms with Gasteiger partial charge in [0.15, 0.2) is 0 Å². The van der Waals surface area contributed by atoms with E-state index in [-0.39, 0.29) is 0 Å². The van der Waals surface area contributed by atoms with Crippen LogP contribution in [0, 0.1) is 13.8 Å². The van der Waals surface area contributed by atoms with Gasteiger partial charge >= 0.3 is 0 Å². The van der Waals surface area contributed by atoms with Crippen molar-refractivity contribution in [1.82, 2.24) is 4.90 Å². The maximum Gasteiger partial charge on any atom is 0.0399 e. The molecular weight excluding hydrogens is 208 g/mol. The summed E-state index contributed by atoms with van der Waals surface area (Å²) in [4.78, 5) is 5.00. The zero-order valence-electron chi connectivity index (χ0n) is 11.7. The summed E-state index contributed by atoms with van der Waals surface area (Å²) in [5, 5.41) is 0.